The molecule has 0 aliphatic carbocycles. The fourth-order valence-corrected chi connectivity index (χ4v) is 4.19. The van der Waals surface area contributed by atoms with E-state index in [-0.39, 0.29) is 0 Å². The van der Waals surface area contributed by atoms with Crippen LogP contribution in [0.5, 0.6) is 0 Å². The van der Waals surface area contributed by atoms with Crippen LogP contribution in [0.4, 0.5) is 0 Å². The molecule has 0 fully saturated rings. The van der Waals surface area contributed by atoms with Gasteiger partial charge in [0, 0.05) is 31.5 Å². The normalized spacial score (nSPS) is 12.6. The summed E-state index contributed by atoms with van der Waals surface area (Å²) in [4.78, 5) is 7.51. The van der Waals surface area contributed by atoms with E-state index in [1.54, 1.807) is 0 Å². The van der Waals surface area contributed by atoms with E-state index >= 15 is 0 Å². The van der Waals surface area contributed by atoms with Crippen molar-refractivity contribution in [1.82, 2.24) is 25.5 Å². The molecule has 3 aromatic rings. The summed E-state index contributed by atoms with van der Waals surface area (Å²) in [6, 6.07) is 16.0. The van der Waals surface area contributed by atoms with Crippen LogP contribution < -0.4 is 0 Å². The molecule has 0 saturated carbocycles. The van der Waals surface area contributed by atoms with E-state index in [0.29, 0.717) is 41.9 Å². The third kappa shape index (κ3) is 8.05. The zero-order valence-corrected chi connectivity index (χ0v) is 22.0. The molecule has 0 bridgehead atoms. The summed E-state index contributed by atoms with van der Waals surface area (Å²) in [5.74, 6) is 2.14. The summed E-state index contributed by atoms with van der Waals surface area (Å²) in [6.07, 6.45) is 4.08. The lowest BCUT2D eigenvalue weighted by Gasteiger charge is -2.26. The minimum Gasteiger partial charge on any atom is -0.355 e. The lowest BCUT2D eigenvalue weighted by atomic mass is 9.99. The van der Waals surface area contributed by atoms with E-state index in [2.05, 4.69) is 65.0 Å². The van der Waals surface area contributed by atoms with Gasteiger partial charge in [0.15, 0.2) is 0 Å². The van der Waals surface area contributed by atoms with Gasteiger partial charge in [-0.15, -0.1) is 11.7 Å². The summed E-state index contributed by atoms with van der Waals surface area (Å²) < 4.78 is 0. The second kappa shape index (κ2) is 13.2. The molecule has 0 amide bonds. The SMILES string of the molecule is C=CC/C(=N\C(=C(/C)CC(C)C)c1ccc(Cl)c(Cl)c1)N(CCc1nnn[nH]1)Cc1ccccc1. The number of hydrogen-bond acceptors (Lipinski definition) is 4. The molecule has 1 heterocycles. The number of nitrogens with one attached hydrogen (secondary N) is 1. The molecular formula is C27H32Cl2N6. The molecule has 1 N–H and O–H groups in total. The van der Waals surface area contributed by atoms with Gasteiger partial charge in [-0.25, -0.2) is 10.1 Å². The summed E-state index contributed by atoms with van der Waals surface area (Å²) in [6.45, 7) is 11.9. The van der Waals surface area contributed by atoms with Gasteiger partial charge >= 0.3 is 0 Å². The number of H-pyrrole nitrogens is 1. The minimum absolute atomic E-state index is 0.491. The average Bonchev–Trinajstić information content (AvgIpc) is 3.35. The van der Waals surface area contributed by atoms with E-state index in [4.69, 9.17) is 28.2 Å². The van der Waals surface area contributed by atoms with Crippen LogP contribution in [0.3, 0.4) is 0 Å². The first kappa shape index (κ1) is 26.6. The molecular weight excluding hydrogens is 479 g/mol. The molecule has 0 spiro atoms. The molecule has 0 unspecified atom stereocenters. The number of hydrogen-bond donors (Lipinski definition) is 1. The lowest BCUT2D eigenvalue weighted by Crippen LogP contribution is -2.32. The van der Waals surface area contributed by atoms with Crippen LogP contribution in [0.15, 0.2) is 71.8 Å². The Labute approximate surface area is 217 Å². The number of aliphatic imine (C=N–C) groups is 1. The smallest absolute Gasteiger partial charge is 0.150 e. The number of benzene rings is 2. The van der Waals surface area contributed by atoms with Crippen LogP contribution in [0.2, 0.25) is 10.0 Å². The van der Waals surface area contributed by atoms with Crippen LogP contribution >= 0.6 is 23.2 Å². The summed E-state index contributed by atoms with van der Waals surface area (Å²) in [5, 5.41) is 15.3. The highest BCUT2D eigenvalue weighted by atomic mass is 35.5. The minimum atomic E-state index is 0.491. The molecule has 0 aliphatic rings. The van der Waals surface area contributed by atoms with Gasteiger partial charge in [0.2, 0.25) is 0 Å². The standard InChI is InChI=1S/C27H32Cl2N6/c1-5-9-26(30-27(20(4)16-19(2)3)22-12-13-23(28)24(29)17-22)35(15-14-25-31-33-34-32-25)18-21-10-7-6-8-11-21/h5-8,10-13,17,19H,1,9,14-16,18H2,2-4H3,(H,31,32,33,34)/b27-20+,30-26+. The van der Waals surface area contributed by atoms with Gasteiger partial charge in [0.1, 0.15) is 11.7 Å². The van der Waals surface area contributed by atoms with Gasteiger partial charge in [-0.05, 0) is 53.0 Å². The van der Waals surface area contributed by atoms with E-state index in [9.17, 15) is 0 Å². The fraction of sp³-hybridized carbons (Fsp3) is 0.333. The number of amidine groups is 1. The second-order valence-electron chi connectivity index (χ2n) is 8.88. The van der Waals surface area contributed by atoms with Gasteiger partial charge in [0.05, 0.1) is 15.7 Å². The molecule has 8 heteroatoms. The first-order valence-electron chi connectivity index (χ1n) is 11.7. The fourth-order valence-electron chi connectivity index (χ4n) is 3.89. The highest BCUT2D eigenvalue weighted by molar-refractivity contribution is 6.42. The van der Waals surface area contributed by atoms with E-state index in [1.807, 2.05) is 42.5 Å². The third-order valence-corrected chi connectivity index (χ3v) is 6.21. The number of tetrazole rings is 1. The van der Waals surface area contributed by atoms with Crippen molar-refractivity contribution in [2.24, 2.45) is 10.9 Å². The van der Waals surface area contributed by atoms with Gasteiger partial charge in [-0.3, -0.25) is 0 Å². The predicted octanol–water partition coefficient (Wildman–Crippen LogP) is 7.00. The van der Waals surface area contributed by atoms with E-state index < -0.39 is 0 Å². The molecule has 2 aromatic carbocycles. The lowest BCUT2D eigenvalue weighted by molar-refractivity contribution is 0.407. The van der Waals surface area contributed by atoms with Crippen LogP contribution in [0.25, 0.3) is 5.70 Å². The monoisotopic (exact) mass is 510 g/mol. The molecule has 0 radical (unpaired) electrons. The van der Waals surface area contributed by atoms with E-state index in [0.717, 1.165) is 29.3 Å². The molecule has 0 atom stereocenters. The summed E-state index contributed by atoms with van der Waals surface area (Å²) in [7, 11) is 0. The zero-order chi connectivity index (χ0) is 25.2. The number of aromatic amines is 1. The van der Waals surface area contributed by atoms with Crippen molar-refractivity contribution < 1.29 is 0 Å². The molecule has 0 aliphatic heterocycles. The Morgan fingerprint density at radius 2 is 1.91 bits per heavy atom. The number of nitrogens with zero attached hydrogens (tertiary/aromatic N) is 5. The Bertz CT molecular complexity index is 1150. The second-order valence-corrected chi connectivity index (χ2v) is 9.70. The van der Waals surface area contributed by atoms with Crippen molar-refractivity contribution in [3.8, 4) is 0 Å². The van der Waals surface area contributed by atoms with Crippen LogP contribution in [0, 0.1) is 5.92 Å². The Kier molecular flexibility index (Phi) is 10.1. The first-order chi connectivity index (χ1) is 16.9. The number of halogens is 2. The van der Waals surface area contributed by atoms with Gasteiger partial charge in [-0.1, -0.05) is 79.5 Å². The topological polar surface area (TPSA) is 70.1 Å². The first-order valence-corrected chi connectivity index (χ1v) is 12.5. The van der Waals surface area contributed by atoms with Gasteiger partial charge < -0.3 is 4.90 Å². The summed E-state index contributed by atoms with van der Waals surface area (Å²) >= 11 is 12.6. The average molecular weight is 512 g/mol. The third-order valence-electron chi connectivity index (χ3n) is 5.47. The maximum absolute atomic E-state index is 6.39. The molecule has 35 heavy (non-hydrogen) atoms. The van der Waals surface area contributed by atoms with E-state index in [1.165, 1.54) is 11.1 Å². The van der Waals surface area contributed by atoms with Crippen molar-refractivity contribution in [1.29, 1.82) is 0 Å². The number of rotatable bonds is 11. The summed E-state index contributed by atoms with van der Waals surface area (Å²) in [5.41, 5.74) is 4.24. The number of aromatic nitrogens is 4. The Balaban J connectivity index is 2.06. The maximum Gasteiger partial charge on any atom is 0.150 e. The van der Waals surface area contributed by atoms with Gasteiger partial charge in [0.25, 0.3) is 0 Å². The van der Waals surface area contributed by atoms with Crippen molar-refractivity contribution >= 4 is 34.7 Å². The Morgan fingerprint density at radius 1 is 1.14 bits per heavy atom. The Hall–Kier alpha value is -2.96. The van der Waals surface area contributed by atoms with Crippen molar-refractivity contribution in [2.45, 2.75) is 46.6 Å². The molecule has 0 saturated heterocycles. The van der Waals surface area contributed by atoms with Crippen molar-refractivity contribution in [3.05, 3.63) is 93.8 Å². The number of allylic oxidation sites excluding steroid dienone is 1. The zero-order valence-electron chi connectivity index (χ0n) is 20.5. The Morgan fingerprint density at radius 3 is 2.54 bits per heavy atom. The largest absolute Gasteiger partial charge is 0.355 e. The van der Waals surface area contributed by atoms with Crippen LogP contribution in [-0.2, 0) is 13.0 Å². The highest BCUT2D eigenvalue weighted by Crippen LogP contribution is 2.31. The molecule has 3 rings (SSSR count). The van der Waals surface area contributed by atoms with Crippen molar-refractivity contribution in [3.63, 3.8) is 0 Å². The molecule has 184 valence electrons. The van der Waals surface area contributed by atoms with Gasteiger partial charge in [-0.2, -0.15) is 0 Å². The van der Waals surface area contributed by atoms with Crippen LogP contribution in [-0.4, -0.2) is 37.9 Å². The van der Waals surface area contributed by atoms with Crippen LogP contribution in [0.1, 0.15) is 50.6 Å². The predicted molar refractivity (Wildman–Crippen MR) is 145 cm³/mol. The maximum atomic E-state index is 6.39. The molecule has 1 aromatic heterocycles. The highest BCUT2D eigenvalue weighted by Gasteiger charge is 2.16. The molecule has 6 nitrogen and oxygen atoms in total. The van der Waals surface area contributed by atoms with Crippen molar-refractivity contribution in [2.75, 3.05) is 6.54 Å². The quantitative estimate of drug-likeness (QED) is 0.171.